The molecule has 1 aliphatic carbocycles. The van der Waals surface area contributed by atoms with Gasteiger partial charge in [0.1, 0.15) is 11.8 Å². The number of ether oxygens (including phenoxy) is 1. The molecular weight excluding hydrogens is 330 g/mol. The topological polar surface area (TPSA) is 39.2 Å². The first kappa shape index (κ1) is 16.3. The van der Waals surface area contributed by atoms with Crippen LogP contribution < -0.4 is 0 Å². The molecule has 3 nitrogen and oxygen atoms in total. The maximum Gasteiger partial charge on any atom is 0.309 e. The van der Waals surface area contributed by atoms with Crippen molar-refractivity contribution < 1.29 is 9.53 Å². The van der Waals surface area contributed by atoms with Crippen LogP contribution in [0.4, 0.5) is 0 Å². The molecule has 0 radical (unpaired) electrons. The van der Waals surface area contributed by atoms with E-state index in [4.69, 9.17) is 16.3 Å². The lowest BCUT2D eigenvalue weighted by molar-refractivity contribution is -0.150. The number of aromatic nitrogens is 1. The third-order valence-electron chi connectivity index (χ3n) is 4.02. The average molecular weight is 348 g/mol. The van der Waals surface area contributed by atoms with Crippen molar-refractivity contribution in [2.75, 3.05) is 6.26 Å². The number of carbonyl (C=O) groups excluding carboxylic acids is 1. The van der Waals surface area contributed by atoms with E-state index in [1.165, 1.54) is 0 Å². The number of nitrogens with zero attached hydrogens (tertiary/aromatic N) is 1. The van der Waals surface area contributed by atoms with E-state index >= 15 is 0 Å². The summed E-state index contributed by atoms with van der Waals surface area (Å²) in [5.41, 5.74) is 1.60. The number of benzene rings is 1. The van der Waals surface area contributed by atoms with Gasteiger partial charge in [0.2, 0.25) is 0 Å². The van der Waals surface area contributed by atoms with Crippen LogP contribution in [0.2, 0.25) is 5.15 Å². The first-order valence-corrected chi connectivity index (χ1v) is 9.22. The molecule has 0 fully saturated rings. The van der Waals surface area contributed by atoms with E-state index in [2.05, 4.69) is 11.1 Å². The number of hydrogen-bond acceptors (Lipinski definition) is 4. The molecule has 0 amide bonds. The van der Waals surface area contributed by atoms with Gasteiger partial charge >= 0.3 is 5.97 Å². The molecular formula is C18H18ClNO2S. The van der Waals surface area contributed by atoms with Crippen molar-refractivity contribution in [1.29, 1.82) is 0 Å². The lowest BCUT2D eigenvalue weighted by Crippen LogP contribution is -2.18. The van der Waals surface area contributed by atoms with Gasteiger partial charge in [-0.05, 0) is 43.7 Å². The monoisotopic (exact) mass is 347 g/mol. The van der Waals surface area contributed by atoms with Gasteiger partial charge in [0.05, 0.1) is 11.4 Å². The van der Waals surface area contributed by atoms with Crippen molar-refractivity contribution in [3.05, 3.63) is 47.1 Å². The van der Waals surface area contributed by atoms with Gasteiger partial charge in [-0.3, -0.25) is 4.79 Å². The highest BCUT2D eigenvalue weighted by Crippen LogP contribution is 2.26. The van der Waals surface area contributed by atoms with Gasteiger partial charge in [-0.25, -0.2) is 4.98 Å². The molecule has 0 unspecified atom stereocenters. The zero-order valence-electron chi connectivity index (χ0n) is 12.9. The molecule has 0 bridgehead atoms. The van der Waals surface area contributed by atoms with E-state index in [1.807, 2.05) is 36.6 Å². The number of rotatable bonds is 4. The molecule has 1 heterocycles. The first-order valence-electron chi connectivity index (χ1n) is 7.62. The molecule has 120 valence electrons. The van der Waals surface area contributed by atoms with Crippen LogP contribution in [-0.4, -0.2) is 17.2 Å². The zero-order valence-corrected chi connectivity index (χ0v) is 14.5. The number of halogens is 1. The fourth-order valence-corrected chi connectivity index (χ4v) is 3.30. The Morgan fingerprint density at radius 2 is 2.26 bits per heavy atom. The average Bonchev–Trinajstić information content (AvgIpc) is 2.60. The minimum absolute atomic E-state index is 0.0312. The van der Waals surface area contributed by atoms with E-state index in [0.717, 1.165) is 40.6 Å². The molecule has 0 saturated heterocycles. The van der Waals surface area contributed by atoms with E-state index in [-0.39, 0.29) is 18.5 Å². The third kappa shape index (κ3) is 3.88. The second kappa shape index (κ2) is 7.37. The standard InChI is InChI=1S/C18H18ClNO2S/c1-23-15-8-7-13-9-14(17(19)20-16(13)10-15)11-22-18(21)12-5-3-2-4-6-12/h2-3,7-10,12H,4-6,11H2,1H3/t12-/m0/s1. The summed E-state index contributed by atoms with van der Waals surface area (Å²) in [5.74, 6) is -0.181. The van der Waals surface area contributed by atoms with Crippen molar-refractivity contribution in [3.63, 3.8) is 0 Å². The summed E-state index contributed by atoms with van der Waals surface area (Å²) >= 11 is 7.91. The molecule has 0 aliphatic heterocycles. The molecule has 0 spiro atoms. The maximum absolute atomic E-state index is 12.1. The van der Waals surface area contributed by atoms with Crippen LogP contribution in [0.1, 0.15) is 24.8 Å². The van der Waals surface area contributed by atoms with Crippen LogP contribution in [0.5, 0.6) is 0 Å². The first-order chi connectivity index (χ1) is 11.2. The van der Waals surface area contributed by atoms with Crippen molar-refractivity contribution in [3.8, 4) is 0 Å². The summed E-state index contributed by atoms with van der Waals surface area (Å²) in [6.45, 7) is 0.172. The van der Waals surface area contributed by atoms with Gasteiger partial charge in [0, 0.05) is 15.8 Å². The minimum Gasteiger partial charge on any atom is -0.460 e. The second-order valence-electron chi connectivity index (χ2n) is 5.59. The summed E-state index contributed by atoms with van der Waals surface area (Å²) in [5, 5.41) is 1.39. The molecule has 1 atom stereocenters. The summed E-state index contributed by atoms with van der Waals surface area (Å²) in [6.07, 6.45) is 8.74. The summed E-state index contributed by atoms with van der Waals surface area (Å²) in [7, 11) is 0. The van der Waals surface area contributed by atoms with Gasteiger partial charge < -0.3 is 4.74 Å². The Morgan fingerprint density at radius 1 is 1.39 bits per heavy atom. The lowest BCUT2D eigenvalue weighted by atomic mass is 9.95. The fourth-order valence-electron chi connectivity index (χ4n) is 2.67. The number of pyridine rings is 1. The number of esters is 1. The lowest BCUT2D eigenvalue weighted by Gasteiger charge is -2.16. The number of carbonyl (C=O) groups is 1. The maximum atomic E-state index is 12.1. The van der Waals surface area contributed by atoms with Crippen LogP contribution in [0.25, 0.3) is 10.9 Å². The number of thioether (sulfide) groups is 1. The van der Waals surface area contributed by atoms with Crippen LogP contribution >= 0.6 is 23.4 Å². The molecule has 0 saturated carbocycles. The van der Waals surface area contributed by atoms with Crippen molar-refractivity contribution in [2.24, 2.45) is 5.92 Å². The molecule has 0 N–H and O–H groups in total. The summed E-state index contributed by atoms with van der Waals surface area (Å²) in [6, 6.07) is 8.02. The molecule has 3 rings (SSSR count). The van der Waals surface area contributed by atoms with E-state index in [1.54, 1.807) is 11.8 Å². The van der Waals surface area contributed by atoms with Gasteiger partial charge in [-0.2, -0.15) is 0 Å². The van der Waals surface area contributed by atoms with Crippen LogP contribution in [-0.2, 0) is 16.1 Å². The highest BCUT2D eigenvalue weighted by atomic mass is 35.5. The van der Waals surface area contributed by atoms with E-state index < -0.39 is 0 Å². The van der Waals surface area contributed by atoms with Gasteiger partial charge in [0.15, 0.2) is 0 Å². The SMILES string of the molecule is CSc1ccc2cc(COC(=O)[C@H]3CC=CCC3)c(Cl)nc2c1. The fraction of sp³-hybridized carbons (Fsp3) is 0.333. The Kier molecular flexibility index (Phi) is 5.23. The molecule has 1 aromatic heterocycles. The Bertz CT molecular complexity index is 760. The normalized spacial score (nSPS) is 17.4. The van der Waals surface area contributed by atoms with Crippen LogP contribution in [0, 0.1) is 5.92 Å². The predicted molar refractivity (Wildman–Crippen MR) is 94.8 cm³/mol. The Balaban J connectivity index is 1.73. The largest absolute Gasteiger partial charge is 0.460 e. The van der Waals surface area contributed by atoms with E-state index in [9.17, 15) is 4.79 Å². The number of allylic oxidation sites excluding steroid dienone is 2. The van der Waals surface area contributed by atoms with Gasteiger partial charge in [-0.1, -0.05) is 29.8 Å². The molecule has 2 aromatic rings. The smallest absolute Gasteiger partial charge is 0.309 e. The molecule has 5 heteroatoms. The van der Waals surface area contributed by atoms with Crippen molar-refractivity contribution in [1.82, 2.24) is 4.98 Å². The minimum atomic E-state index is -0.150. The van der Waals surface area contributed by atoms with Crippen LogP contribution in [0.3, 0.4) is 0 Å². The Morgan fingerprint density at radius 3 is 3.00 bits per heavy atom. The molecule has 23 heavy (non-hydrogen) atoms. The Hall–Kier alpha value is -1.52. The predicted octanol–water partition coefficient (Wildman–Crippen LogP) is 5.01. The summed E-state index contributed by atoms with van der Waals surface area (Å²) < 4.78 is 5.44. The second-order valence-corrected chi connectivity index (χ2v) is 6.82. The molecule has 1 aliphatic rings. The third-order valence-corrected chi connectivity index (χ3v) is 5.08. The number of fused-ring (bicyclic) bond motifs is 1. The summed E-state index contributed by atoms with van der Waals surface area (Å²) in [4.78, 5) is 17.7. The highest BCUT2D eigenvalue weighted by Gasteiger charge is 2.20. The highest BCUT2D eigenvalue weighted by molar-refractivity contribution is 7.98. The zero-order chi connectivity index (χ0) is 16.2. The van der Waals surface area contributed by atoms with Crippen molar-refractivity contribution in [2.45, 2.75) is 30.8 Å². The Labute approximate surface area is 145 Å². The number of hydrogen-bond donors (Lipinski definition) is 0. The molecule has 1 aromatic carbocycles. The van der Waals surface area contributed by atoms with Gasteiger partial charge in [-0.15, -0.1) is 11.8 Å². The van der Waals surface area contributed by atoms with Crippen LogP contribution in [0.15, 0.2) is 41.3 Å². The van der Waals surface area contributed by atoms with Crippen molar-refractivity contribution >= 4 is 40.2 Å². The van der Waals surface area contributed by atoms with Gasteiger partial charge in [0.25, 0.3) is 0 Å². The van der Waals surface area contributed by atoms with E-state index in [0.29, 0.717) is 5.15 Å². The quantitative estimate of drug-likeness (QED) is 0.337.